The Balaban J connectivity index is 0.00000280. The molecule has 1 unspecified atom stereocenters. The highest BCUT2D eigenvalue weighted by Gasteiger charge is 2.24. The highest BCUT2D eigenvalue weighted by Crippen LogP contribution is 2.27. The average Bonchev–Trinajstić information content (AvgIpc) is 3.41. The Labute approximate surface area is 188 Å². The van der Waals surface area contributed by atoms with Crippen LogP contribution in [0, 0.1) is 11.3 Å². The highest BCUT2D eigenvalue weighted by atomic mass is 127. The van der Waals surface area contributed by atoms with E-state index in [1.54, 1.807) is 0 Å². The van der Waals surface area contributed by atoms with E-state index in [9.17, 15) is 0 Å². The van der Waals surface area contributed by atoms with Gasteiger partial charge in [0.25, 0.3) is 0 Å². The molecule has 1 atom stereocenters. The number of halogens is 1. The minimum absolute atomic E-state index is 0. The largest absolute Gasteiger partial charge is 0.357 e. The minimum atomic E-state index is 0. The standard InChI is InChI=1S/C21H27N5S.HI/c1-2-23-21(24-15-18-9-7-17(14-22)8-10-18)25-16-19(20-6-5-13-27-20)26-11-3-4-12-26;/h5-10,13,19H,2-4,11-12,15-16H2,1H3,(H2,23,24,25);1H. The smallest absolute Gasteiger partial charge is 0.191 e. The predicted octanol–water partition coefficient (Wildman–Crippen LogP) is 4.13. The second-order valence-electron chi connectivity index (χ2n) is 6.66. The van der Waals surface area contributed by atoms with Gasteiger partial charge in [-0.15, -0.1) is 35.3 Å². The second-order valence-corrected chi connectivity index (χ2v) is 7.64. The molecule has 0 radical (unpaired) electrons. The van der Waals surface area contributed by atoms with E-state index in [0.29, 0.717) is 18.2 Å². The molecule has 5 nitrogen and oxygen atoms in total. The molecule has 3 rings (SSSR count). The summed E-state index contributed by atoms with van der Waals surface area (Å²) in [7, 11) is 0. The number of likely N-dealkylation sites (tertiary alicyclic amines) is 1. The number of guanidine groups is 1. The van der Waals surface area contributed by atoms with Gasteiger partial charge in [-0.2, -0.15) is 5.26 Å². The lowest BCUT2D eigenvalue weighted by Crippen LogP contribution is -2.42. The van der Waals surface area contributed by atoms with Crippen molar-refractivity contribution in [1.82, 2.24) is 15.5 Å². The molecule has 1 saturated heterocycles. The van der Waals surface area contributed by atoms with Crippen LogP contribution in [0.15, 0.2) is 46.8 Å². The SMILES string of the molecule is CCNC(=NCc1ccc(C#N)cc1)NCC(c1cccs1)N1CCCC1.I. The van der Waals surface area contributed by atoms with Crippen molar-refractivity contribution in [3.63, 3.8) is 0 Å². The van der Waals surface area contributed by atoms with Crippen LogP contribution in [0.1, 0.15) is 41.8 Å². The number of hydrogen-bond acceptors (Lipinski definition) is 4. The van der Waals surface area contributed by atoms with Gasteiger partial charge in [-0.3, -0.25) is 4.90 Å². The number of hydrogen-bond donors (Lipinski definition) is 2. The maximum absolute atomic E-state index is 8.91. The van der Waals surface area contributed by atoms with Gasteiger partial charge in [-0.05, 0) is 62.0 Å². The van der Waals surface area contributed by atoms with Gasteiger partial charge in [-0.25, -0.2) is 4.99 Å². The molecule has 0 bridgehead atoms. The molecule has 150 valence electrons. The molecule has 0 spiro atoms. The maximum Gasteiger partial charge on any atom is 0.191 e. The predicted molar refractivity (Wildman–Crippen MR) is 127 cm³/mol. The van der Waals surface area contributed by atoms with E-state index in [0.717, 1.165) is 24.6 Å². The summed E-state index contributed by atoms with van der Waals surface area (Å²) in [4.78, 5) is 8.70. The first kappa shape index (κ1) is 22.7. The van der Waals surface area contributed by atoms with Gasteiger partial charge in [0.1, 0.15) is 0 Å². The van der Waals surface area contributed by atoms with Gasteiger partial charge < -0.3 is 10.6 Å². The van der Waals surface area contributed by atoms with E-state index < -0.39 is 0 Å². The van der Waals surface area contributed by atoms with Crippen LogP contribution < -0.4 is 10.6 Å². The van der Waals surface area contributed by atoms with Gasteiger partial charge in [-0.1, -0.05) is 18.2 Å². The Morgan fingerprint density at radius 1 is 1.21 bits per heavy atom. The van der Waals surface area contributed by atoms with E-state index >= 15 is 0 Å². The first-order valence-electron chi connectivity index (χ1n) is 9.59. The maximum atomic E-state index is 8.91. The molecule has 0 saturated carbocycles. The summed E-state index contributed by atoms with van der Waals surface area (Å²) in [6.07, 6.45) is 2.57. The Hall–Kier alpha value is -1.63. The fourth-order valence-corrected chi connectivity index (χ4v) is 4.19. The summed E-state index contributed by atoms with van der Waals surface area (Å²) in [5.74, 6) is 0.836. The number of nitrogens with zero attached hydrogens (tertiary/aromatic N) is 3. The number of rotatable bonds is 7. The summed E-state index contributed by atoms with van der Waals surface area (Å²) >= 11 is 1.83. The number of nitrogens with one attached hydrogen (secondary N) is 2. The lowest BCUT2D eigenvalue weighted by Gasteiger charge is -2.27. The number of nitriles is 1. The quantitative estimate of drug-likeness (QED) is 0.335. The zero-order chi connectivity index (χ0) is 18.9. The third kappa shape index (κ3) is 6.47. The third-order valence-corrected chi connectivity index (χ3v) is 5.74. The van der Waals surface area contributed by atoms with Crippen LogP contribution in [-0.4, -0.2) is 37.0 Å². The number of aliphatic imine (C=N–C) groups is 1. The first-order chi connectivity index (χ1) is 13.3. The molecule has 1 fully saturated rings. The van der Waals surface area contributed by atoms with Gasteiger partial charge in [0.05, 0.1) is 24.2 Å². The second kappa shape index (κ2) is 12.0. The van der Waals surface area contributed by atoms with Gasteiger partial charge in [0.2, 0.25) is 0 Å². The van der Waals surface area contributed by atoms with Crippen molar-refractivity contribution in [2.45, 2.75) is 32.4 Å². The van der Waals surface area contributed by atoms with Crippen LogP contribution in [0.2, 0.25) is 0 Å². The lowest BCUT2D eigenvalue weighted by atomic mass is 10.1. The summed E-state index contributed by atoms with van der Waals surface area (Å²) in [5, 5.41) is 17.9. The van der Waals surface area contributed by atoms with Gasteiger partial charge in [0, 0.05) is 18.0 Å². The number of thiophene rings is 1. The molecule has 1 aliphatic heterocycles. The Morgan fingerprint density at radius 2 is 1.96 bits per heavy atom. The fraction of sp³-hybridized carbons (Fsp3) is 0.429. The van der Waals surface area contributed by atoms with Gasteiger partial charge in [0.15, 0.2) is 5.96 Å². The van der Waals surface area contributed by atoms with Crippen molar-refractivity contribution in [1.29, 1.82) is 5.26 Å². The zero-order valence-corrected chi connectivity index (χ0v) is 19.4. The normalized spacial score (nSPS) is 15.5. The van der Waals surface area contributed by atoms with Crippen LogP contribution in [0.5, 0.6) is 0 Å². The zero-order valence-electron chi connectivity index (χ0n) is 16.2. The fourth-order valence-electron chi connectivity index (χ4n) is 3.33. The van der Waals surface area contributed by atoms with Gasteiger partial charge >= 0.3 is 0 Å². The summed E-state index contributed by atoms with van der Waals surface area (Å²) < 4.78 is 0. The van der Waals surface area contributed by atoms with Crippen LogP contribution in [0.4, 0.5) is 0 Å². The summed E-state index contributed by atoms with van der Waals surface area (Å²) in [6.45, 7) is 6.68. The molecule has 1 aliphatic rings. The van der Waals surface area contributed by atoms with E-state index in [-0.39, 0.29) is 24.0 Å². The molecule has 1 aromatic heterocycles. The first-order valence-corrected chi connectivity index (χ1v) is 10.5. The molecule has 2 aromatic rings. The van der Waals surface area contributed by atoms with E-state index in [1.165, 1.54) is 30.8 Å². The van der Waals surface area contributed by atoms with Crippen LogP contribution in [0.3, 0.4) is 0 Å². The third-order valence-electron chi connectivity index (χ3n) is 4.76. The van der Waals surface area contributed by atoms with Crippen molar-refractivity contribution >= 4 is 41.3 Å². The van der Waals surface area contributed by atoms with Crippen LogP contribution in [-0.2, 0) is 6.54 Å². The molecule has 1 aromatic carbocycles. The minimum Gasteiger partial charge on any atom is -0.357 e. The monoisotopic (exact) mass is 509 g/mol. The Morgan fingerprint density at radius 3 is 2.57 bits per heavy atom. The number of benzene rings is 1. The molecule has 0 aliphatic carbocycles. The van der Waals surface area contributed by atoms with Crippen molar-refractivity contribution in [3.8, 4) is 6.07 Å². The summed E-state index contributed by atoms with van der Waals surface area (Å²) in [6, 6.07) is 14.5. The van der Waals surface area contributed by atoms with Crippen molar-refractivity contribution in [2.75, 3.05) is 26.2 Å². The lowest BCUT2D eigenvalue weighted by molar-refractivity contribution is 0.249. The van der Waals surface area contributed by atoms with E-state index in [1.807, 2.05) is 35.6 Å². The molecule has 7 heteroatoms. The van der Waals surface area contributed by atoms with E-state index in [4.69, 9.17) is 10.3 Å². The molecule has 0 amide bonds. The molecular formula is C21H28IN5S. The van der Waals surface area contributed by atoms with Crippen molar-refractivity contribution in [2.24, 2.45) is 4.99 Å². The van der Waals surface area contributed by atoms with E-state index in [2.05, 4.69) is 46.0 Å². The molecular weight excluding hydrogens is 481 g/mol. The van der Waals surface area contributed by atoms with Crippen molar-refractivity contribution < 1.29 is 0 Å². The molecule has 2 heterocycles. The summed E-state index contributed by atoms with van der Waals surface area (Å²) in [5.41, 5.74) is 1.78. The van der Waals surface area contributed by atoms with Crippen molar-refractivity contribution in [3.05, 3.63) is 57.8 Å². The van der Waals surface area contributed by atoms with Crippen LogP contribution in [0.25, 0.3) is 0 Å². The Bertz CT molecular complexity index is 761. The topological polar surface area (TPSA) is 63.5 Å². The average molecular weight is 509 g/mol. The van der Waals surface area contributed by atoms with Crippen LogP contribution >= 0.6 is 35.3 Å². The highest BCUT2D eigenvalue weighted by molar-refractivity contribution is 14.0. The molecule has 2 N–H and O–H groups in total. The molecule has 28 heavy (non-hydrogen) atoms. The Kier molecular flexibility index (Phi) is 9.75.